The van der Waals surface area contributed by atoms with E-state index in [4.69, 9.17) is 0 Å². The Bertz CT molecular complexity index is 254. The van der Waals surface area contributed by atoms with Crippen LogP contribution in [0, 0.1) is 0 Å². The summed E-state index contributed by atoms with van der Waals surface area (Å²) in [5.74, 6) is 1.10. The summed E-state index contributed by atoms with van der Waals surface area (Å²) in [6.45, 7) is 1.58. The summed E-state index contributed by atoms with van der Waals surface area (Å²) in [7, 11) is 0. The molecule has 2 aliphatic rings. The van der Waals surface area contributed by atoms with Crippen LogP contribution in [-0.2, 0) is 9.59 Å². The molecule has 0 saturated carbocycles. The standard InChI is InChI=1S/C9H13NO2S/c1-6(11)7-5-13-9-4-2-3-8(12)10(7)9/h7,9H,2-5H2,1H3. The summed E-state index contributed by atoms with van der Waals surface area (Å²) in [6, 6.07) is -0.136. The highest BCUT2D eigenvalue weighted by molar-refractivity contribution is 8.00. The van der Waals surface area contributed by atoms with Crippen molar-refractivity contribution in [1.82, 2.24) is 4.90 Å². The van der Waals surface area contributed by atoms with Gasteiger partial charge in [0.25, 0.3) is 0 Å². The molecule has 13 heavy (non-hydrogen) atoms. The second kappa shape index (κ2) is 3.33. The normalized spacial score (nSPS) is 33.3. The van der Waals surface area contributed by atoms with Crippen molar-refractivity contribution in [3.05, 3.63) is 0 Å². The molecule has 0 aromatic rings. The lowest BCUT2D eigenvalue weighted by Crippen LogP contribution is -2.46. The third kappa shape index (κ3) is 1.47. The zero-order valence-corrected chi connectivity index (χ0v) is 8.47. The minimum Gasteiger partial charge on any atom is -0.320 e. The Morgan fingerprint density at radius 3 is 3.08 bits per heavy atom. The molecule has 72 valence electrons. The van der Waals surface area contributed by atoms with Crippen molar-refractivity contribution in [2.75, 3.05) is 5.75 Å². The monoisotopic (exact) mass is 199 g/mol. The first-order valence-electron chi connectivity index (χ1n) is 4.63. The molecule has 2 heterocycles. The molecule has 3 nitrogen and oxygen atoms in total. The molecule has 0 aromatic heterocycles. The van der Waals surface area contributed by atoms with E-state index in [9.17, 15) is 9.59 Å². The minimum atomic E-state index is -0.136. The van der Waals surface area contributed by atoms with Crippen molar-refractivity contribution in [1.29, 1.82) is 0 Å². The van der Waals surface area contributed by atoms with E-state index in [1.54, 1.807) is 23.6 Å². The second-order valence-corrected chi connectivity index (χ2v) is 4.82. The SMILES string of the molecule is CC(=O)C1CSC2CCCC(=O)N21. The third-order valence-electron chi connectivity index (χ3n) is 2.69. The Hall–Kier alpha value is -0.510. The average molecular weight is 199 g/mol. The van der Waals surface area contributed by atoms with E-state index in [1.807, 2.05) is 0 Å². The summed E-state index contributed by atoms with van der Waals surface area (Å²) in [5, 5.41) is 0.287. The Balaban J connectivity index is 2.18. The van der Waals surface area contributed by atoms with Gasteiger partial charge in [0.1, 0.15) is 6.04 Å². The molecule has 0 spiro atoms. The van der Waals surface area contributed by atoms with Crippen molar-refractivity contribution in [3.63, 3.8) is 0 Å². The lowest BCUT2D eigenvalue weighted by Gasteiger charge is -2.31. The first-order chi connectivity index (χ1) is 6.20. The van der Waals surface area contributed by atoms with E-state index in [2.05, 4.69) is 0 Å². The maximum absolute atomic E-state index is 11.6. The highest BCUT2D eigenvalue weighted by atomic mass is 32.2. The molecule has 1 amide bonds. The van der Waals surface area contributed by atoms with Gasteiger partial charge in [0.05, 0.1) is 5.37 Å². The van der Waals surface area contributed by atoms with Gasteiger partial charge in [-0.25, -0.2) is 0 Å². The highest BCUT2D eigenvalue weighted by Crippen LogP contribution is 2.36. The minimum absolute atomic E-state index is 0.130. The van der Waals surface area contributed by atoms with Gasteiger partial charge in [-0.1, -0.05) is 0 Å². The largest absolute Gasteiger partial charge is 0.320 e. The number of carbonyl (C=O) groups is 2. The Kier molecular flexibility index (Phi) is 2.32. The Morgan fingerprint density at radius 2 is 2.38 bits per heavy atom. The van der Waals surface area contributed by atoms with Crippen molar-refractivity contribution >= 4 is 23.5 Å². The first-order valence-corrected chi connectivity index (χ1v) is 5.68. The van der Waals surface area contributed by atoms with Crippen LogP contribution in [0.3, 0.4) is 0 Å². The molecule has 0 N–H and O–H groups in total. The summed E-state index contributed by atoms with van der Waals surface area (Å²) in [5.41, 5.74) is 0. The molecule has 2 atom stereocenters. The van der Waals surface area contributed by atoms with Gasteiger partial charge in [-0.2, -0.15) is 0 Å². The number of nitrogens with zero attached hydrogens (tertiary/aromatic N) is 1. The van der Waals surface area contributed by atoms with Gasteiger partial charge in [0.15, 0.2) is 5.78 Å². The van der Waals surface area contributed by atoms with Crippen molar-refractivity contribution in [3.8, 4) is 0 Å². The van der Waals surface area contributed by atoms with Gasteiger partial charge in [-0.05, 0) is 19.8 Å². The van der Waals surface area contributed by atoms with E-state index in [0.717, 1.165) is 18.6 Å². The fourth-order valence-electron chi connectivity index (χ4n) is 1.99. The Labute approximate surface area is 81.9 Å². The second-order valence-electron chi connectivity index (χ2n) is 3.61. The summed E-state index contributed by atoms with van der Waals surface area (Å²) >= 11 is 1.75. The van der Waals surface area contributed by atoms with Gasteiger partial charge in [0.2, 0.25) is 5.91 Å². The van der Waals surface area contributed by atoms with Gasteiger partial charge in [-0.3, -0.25) is 9.59 Å². The zero-order chi connectivity index (χ0) is 9.42. The van der Waals surface area contributed by atoms with Gasteiger partial charge in [-0.15, -0.1) is 11.8 Å². The number of hydrogen-bond acceptors (Lipinski definition) is 3. The maximum atomic E-state index is 11.6. The van der Waals surface area contributed by atoms with Crippen molar-refractivity contribution in [2.45, 2.75) is 37.6 Å². The number of fused-ring (bicyclic) bond motifs is 1. The van der Waals surface area contributed by atoms with Crippen LogP contribution in [0.2, 0.25) is 0 Å². The fraction of sp³-hybridized carbons (Fsp3) is 0.778. The molecule has 2 rings (SSSR count). The number of rotatable bonds is 1. The first kappa shape index (κ1) is 9.06. The predicted molar refractivity (Wildman–Crippen MR) is 51.4 cm³/mol. The molecule has 0 aliphatic carbocycles. The quantitative estimate of drug-likeness (QED) is 0.633. The van der Waals surface area contributed by atoms with Crippen LogP contribution < -0.4 is 0 Å². The van der Waals surface area contributed by atoms with Crippen LogP contribution in [0.1, 0.15) is 26.2 Å². The van der Waals surface area contributed by atoms with E-state index in [-0.39, 0.29) is 23.1 Å². The van der Waals surface area contributed by atoms with Crippen LogP contribution >= 0.6 is 11.8 Å². The zero-order valence-electron chi connectivity index (χ0n) is 7.66. The van der Waals surface area contributed by atoms with E-state index >= 15 is 0 Å². The van der Waals surface area contributed by atoms with Crippen LogP contribution in [0.4, 0.5) is 0 Å². The van der Waals surface area contributed by atoms with Gasteiger partial charge in [0, 0.05) is 12.2 Å². The third-order valence-corrected chi connectivity index (χ3v) is 4.05. The number of carbonyl (C=O) groups excluding carboxylic acids is 2. The smallest absolute Gasteiger partial charge is 0.224 e. The number of hydrogen-bond donors (Lipinski definition) is 0. The van der Waals surface area contributed by atoms with E-state index < -0.39 is 0 Å². The molecule has 2 aliphatic heterocycles. The maximum Gasteiger partial charge on any atom is 0.224 e. The van der Waals surface area contributed by atoms with Gasteiger partial charge < -0.3 is 4.90 Å². The fourth-order valence-corrected chi connectivity index (χ4v) is 3.55. The van der Waals surface area contributed by atoms with Crippen LogP contribution in [0.25, 0.3) is 0 Å². The number of ketones is 1. The molecule has 0 aromatic carbocycles. The molecule has 2 unspecified atom stereocenters. The number of piperidine rings is 1. The molecule has 2 saturated heterocycles. The van der Waals surface area contributed by atoms with Crippen molar-refractivity contribution in [2.24, 2.45) is 0 Å². The van der Waals surface area contributed by atoms with E-state index in [0.29, 0.717) is 6.42 Å². The molecule has 0 radical (unpaired) electrons. The van der Waals surface area contributed by atoms with Gasteiger partial charge >= 0.3 is 0 Å². The predicted octanol–water partition coefficient (Wildman–Crippen LogP) is 1.03. The molecular formula is C9H13NO2S. The number of thioether (sulfide) groups is 1. The lowest BCUT2D eigenvalue weighted by molar-refractivity contribution is -0.140. The molecule has 4 heteroatoms. The van der Waals surface area contributed by atoms with Crippen LogP contribution in [0.15, 0.2) is 0 Å². The Morgan fingerprint density at radius 1 is 1.62 bits per heavy atom. The number of amides is 1. The molecular weight excluding hydrogens is 186 g/mol. The molecule has 0 bridgehead atoms. The van der Waals surface area contributed by atoms with Crippen LogP contribution in [-0.4, -0.2) is 33.8 Å². The summed E-state index contributed by atoms with van der Waals surface area (Å²) in [6.07, 6.45) is 2.67. The number of Topliss-reactive ketones (excluding diaryl/α,β-unsaturated/α-hetero) is 1. The lowest BCUT2D eigenvalue weighted by atomic mass is 10.1. The van der Waals surface area contributed by atoms with Crippen molar-refractivity contribution < 1.29 is 9.59 Å². The van der Waals surface area contributed by atoms with E-state index in [1.165, 1.54) is 0 Å². The molecule has 2 fully saturated rings. The average Bonchev–Trinajstić information content (AvgIpc) is 2.49. The van der Waals surface area contributed by atoms with Crippen LogP contribution in [0.5, 0.6) is 0 Å². The summed E-state index contributed by atoms with van der Waals surface area (Å²) < 4.78 is 0. The topological polar surface area (TPSA) is 37.4 Å². The highest BCUT2D eigenvalue weighted by Gasteiger charge is 2.41. The summed E-state index contributed by atoms with van der Waals surface area (Å²) in [4.78, 5) is 24.6.